The van der Waals surface area contributed by atoms with E-state index in [2.05, 4.69) is 11.7 Å². The molecule has 1 aromatic carbocycles. The highest BCUT2D eigenvalue weighted by Crippen LogP contribution is 2.33. The summed E-state index contributed by atoms with van der Waals surface area (Å²) in [6, 6.07) is 4.64. The Morgan fingerprint density at radius 3 is 2.24 bits per heavy atom. The molecule has 0 unspecified atom stereocenters. The van der Waals surface area contributed by atoms with Crippen molar-refractivity contribution in [2.24, 2.45) is 5.92 Å². The minimum atomic E-state index is -4.43. The molecule has 1 aliphatic carbocycles. The second kappa shape index (κ2) is 10.0. The molecule has 1 aromatic rings. The maximum absolute atomic E-state index is 13.1. The maximum atomic E-state index is 13.1. The van der Waals surface area contributed by atoms with Crippen molar-refractivity contribution in [2.75, 3.05) is 0 Å². The van der Waals surface area contributed by atoms with E-state index in [1.807, 2.05) is 6.92 Å². The first-order chi connectivity index (χ1) is 13.6. The summed E-state index contributed by atoms with van der Waals surface area (Å²) in [6.45, 7) is 5.59. The van der Waals surface area contributed by atoms with Crippen LogP contribution in [0.1, 0.15) is 75.8 Å². The molecule has 162 valence electrons. The predicted octanol–water partition coefficient (Wildman–Crippen LogP) is 4.61. The molecule has 1 saturated carbocycles. The van der Waals surface area contributed by atoms with Gasteiger partial charge in [-0.15, -0.1) is 4.79 Å². The smallest absolute Gasteiger partial charge is 0.359 e. The minimum absolute atomic E-state index is 0.135. The lowest BCUT2D eigenvalue weighted by molar-refractivity contribution is 0.00368. The Kier molecular flexibility index (Phi) is 8.20. The number of hydrogen-bond donors (Lipinski definition) is 0. The molecule has 8 heteroatoms. The molecule has 0 radical (unpaired) electrons. The summed E-state index contributed by atoms with van der Waals surface area (Å²) in [5.74, 6) is 0.490. The molecule has 0 heterocycles. The molecule has 0 atom stereocenters. The topological polar surface area (TPSA) is 105 Å². The van der Waals surface area contributed by atoms with Gasteiger partial charge in [-0.3, -0.25) is 0 Å². The van der Waals surface area contributed by atoms with Crippen molar-refractivity contribution in [1.82, 2.24) is 0 Å². The van der Waals surface area contributed by atoms with Gasteiger partial charge in [0.25, 0.3) is 19.7 Å². The summed E-state index contributed by atoms with van der Waals surface area (Å²) in [7, 11) is -8.67. The van der Waals surface area contributed by atoms with Crippen LogP contribution in [0.15, 0.2) is 23.1 Å². The van der Waals surface area contributed by atoms with Crippen LogP contribution in [0, 0.1) is 19.8 Å². The number of nitrogens with zero attached hydrogens (tertiary/aromatic N) is 2. The summed E-state index contributed by atoms with van der Waals surface area (Å²) in [6.07, 6.45) is 8.18. The number of rotatable bonds is 7. The maximum Gasteiger partial charge on any atom is 0.499 e. The van der Waals surface area contributed by atoms with Crippen LogP contribution in [0.5, 0.6) is 0 Å². The van der Waals surface area contributed by atoms with Crippen LogP contribution >= 0.6 is 0 Å². The number of aryl methyl sites for hydroxylation is 2. The molecule has 1 aliphatic rings. The molecule has 0 spiro atoms. The van der Waals surface area contributed by atoms with Crippen molar-refractivity contribution < 1.29 is 21.6 Å². The summed E-state index contributed by atoms with van der Waals surface area (Å²) < 4.78 is 50.9. The minimum Gasteiger partial charge on any atom is -0.359 e. The van der Waals surface area contributed by atoms with Gasteiger partial charge in [0.1, 0.15) is 0 Å². The molecular weight excluding hydrogens is 408 g/mol. The van der Waals surface area contributed by atoms with Crippen LogP contribution in [-0.2, 0) is 19.7 Å². The lowest BCUT2D eigenvalue weighted by Gasteiger charge is -2.27. The van der Waals surface area contributed by atoms with Crippen molar-refractivity contribution >= 4 is 24.1 Å². The fraction of sp³-hybridized carbons (Fsp3) is 0.667. The molecular formula is C21H32N2O4S2. The molecule has 0 bridgehead atoms. The second-order valence-electron chi connectivity index (χ2n) is 8.18. The molecule has 29 heavy (non-hydrogen) atoms. The third-order valence-electron chi connectivity index (χ3n) is 5.87. The number of benzene rings is 1. The Bertz CT molecular complexity index is 970. The van der Waals surface area contributed by atoms with E-state index in [-0.39, 0.29) is 4.90 Å². The van der Waals surface area contributed by atoms with Gasteiger partial charge in [-0.1, -0.05) is 56.7 Å². The van der Waals surface area contributed by atoms with Gasteiger partial charge in [0.15, 0.2) is 0 Å². The van der Waals surface area contributed by atoms with Crippen LogP contribution in [0.2, 0.25) is 0 Å². The Hall–Kier alpha value is -1.50. The van der Waals surface area contributed by atoms with Gasteiger partial charge < -0.3 is 5.53 Å². The third-order valence-corrected chi connectivity index (χ3v) is 10.7. The van der Waals surface area contributed by atoms with Crippen molar-refractivity contribution in [1.29, 1.82) is 0 Å². The summed E-state index contributed by atoms with van der Waals surface area (Å²) in [4.78, 5) is 2.64. The van der Waals surface area contributed by atoms with Gasteiger partial charge in [-0.2, -0.15) is 0 Å². The zero-order valence-electron chi connectivity index (χ0n) is 17.6. The fourth-order valence-electron chi connectivity index (χ4n) is 4.19. The van der Waals surface area contributed by atoms with E-state index in [0.717, 1.165) is 31.2 Å². The van der Waals surface area contributed by atoms with Crippen molar-refractivity contribution in [3.63, 3.8) is 0 Å². The summed E-state index contributed by atoms with van der Waals surface area (Å²) in [5.41, 5.74) is 10.7. The lowest BCUT2D eigenvalue weighted by Crippen LogP contribution is -2.37. The molecule has 0 aliphatic heterocycles. The van der Waals surface area contributed by atoms with Crippen LogP contribution in [0.25, 0.3) is 5.53 Å². The zero-order chi connectivity index (χ0) is 21.7. The summed E-state index contributed by atoms with van der Waals surface area (Å²) in [5, 5.41) is -0.819. The van der Waals surface area contributed by atoms with E-state index in [9.17, 15) is 22.4 Å². The average molecular weight is 441 g/mol. The largest absolute Gasteiger partial charge is 0.499 e. The standard InChI is InChI=1S/C21H32N2O4S2/c1-4-5-6-7-8-18-10-12-19(13-11-18)28(24,25)21(23-22)29(26,27)20-14-9-16(2)15-17(20)3/h9,14-15,18-19H,4-8,10-13H2,1-3H3. The molecule has 0 N–H and O–H groups in total. The molecule has 0 amide bonds. The van der Waals surface area contributed by atoms with Gasteiger partial charge in [-0.25, -0.2) is 16.8 Å². The van der Waals surface area contributed by atoms with Gasteiger partial charge in [0.05, 0.1) is 10.1 Å². The molecule has 2 rings (SSSR count). The second-order valence-corrected chi connectivity index (χ2v) is 12.4. The quantitative estimate of drug-likeness (QED) is 0.203. The van der Waals surface area contributed by atoms with Gasteiger partial charge >= 0.3 is 4.38 Å². The van der Waals surface area contributed by atoms with Crippen LogP contribution in [-0.4, -0.2) is 31.3 Å². The molecule has 6 nitrogen and oxygen atoms in total. The van der Waals surface area contributed by atoms with E-state index in [1.54, 1.807) is 19.1 Å². The Balaban J connectivity index is 2.16. The number of hydrogen-bond acceptors (Lipinski definition) is 4. The van der Waals surface area contributed by atoms with E-state index in [4.69, 9.17) is 0 Å². The Labute approximate surface area is 175 Å². The Morgan fingerprint density at radius 2 is 1.69 bits per heavy atom. The number of sulfone groups is 2. The van der Waals surface area contributed by atoms with Crippen molar-refractivity contribution in [3.8, 4) is 0 Å². The van der Waals surface area contributed by atoms with Crippen LogP contribution in [0.4, 0.5) is 0 Å². The van der Waals surface area contributed by atoms with Crippen LogP contribution < -0.4 is 0 Å². The summed E-state index contributed by atoms with van der Waals surface area (Å²) >= 11 is 0. The van der Waals surface area contributed by atoms with Gasteiger partial charge in [0, 0.05) is 0 Å². The normalized spacial score (nSPS) is 20.2. The average Bonchev–Trinajstić information content (AvgIpc) is 2.65. The van der Waals surface area contributed by atoms with E-state index >= 15 is 0 Å². The first-order valence-electron chi connectivity index (χ1n) is 10.4. The Morgan fingerprint density at radius 1 is 1.03 bits per heavy atom. The third kappa shape index (κ3) is 5.56. The van der Waals surface area contributed by atoms with E-state index in [0.29, 0.717) is 24.3 Å². The highest BCUT2D eigenvalue weighted by Gasteiger charge is 2.48. The van der Waals surface area contributed by atoms with Crippen molar-refractivity contribution in [3.05, 3.63) is 34.9 Å². The first kappa shape index (κ1) is 23.8. The highest BCUT2D eigenvalue weighted by atomic mass is 32.3. The number of unbranched alkanes of at least 4 members (excludes halogenated alkanes) is 3. The van der Waals surface area contributed by atoms with E-state index < -0.39 is 29.3 Å². The molecule has 0 aromatic heterocycles. The SMILES string of the molecule is CCCCCCC1CCC(S(=O)(=O)C(=[N+]=[N-])S(=O)(=O)c2ccc(C)cc2C)CC1. The van der Waals surface area contributed by atoms with Gasteiger partial charge in [-0.05, 0) is 57.1 Å². The molecule has 0 saturated heterocycles. The first-order valence-corrected chi connectivity index (χ1v) is 13.5. The monoisotopic (exact) mass is 440 g/mol. The fourth-order valence-corrected chi connectivity index (χ4v) is 8.41. The zero-order valence-corrected chi connectivity index (χ0v) is 19.2. The predicted molar refractivity (Wildman–Crippen MR) is 115 cm³/mol. The van der Waals surface area contributed by atoms with Gasteiger partial charge in [0.2, 0.25) is 0 Å². The van der Waals surface area contributed by atoms with Crippen LogP contribution in [0.3, 0.4) is 0 Å². The highest BCUT2D eigenvalue weighted by molar-refractivity contribution is 8.31. The molecule has 1 fully saturated rings. The van der Waals surface area contributed by atoms with Crippen molar-refractivity contribution in [2.45, 2.75) is 88.7 Å². The lowest BCUT2D eigenvalue weighted by atomic mass is 9.85. The van der Waals surface area contributed by atoms with E-state index in [1.165, 1.54) is 25.3 Å².